The van der Waals surface area contributed by atoms with Crippen LogP contribution in [0.4, 0.5) is 0 Å². The summed E-state index contributed by atoms with van der Waals surface area (Å²) in [5.74, 6) is 4.58. The summed E-state index contributed by atoms with van der Waals surface area (Å²) < 4.78 is 5.52. The molecule has 6 heteroatoms. The highest BCUT2D eigenvalue weighted by Crippen LogP contribution is 2.42. The van der Waals surface area contributed by atoms with Gasteiger partial charge in [0, 0.05) is 28.7 Å². The van der Waals surface area contributed by atoms with Crippen molar-refractivity contribution in [1.29, 1.82) is 0 Å². The fourth-order valence-electron chi connectivity index (χ4n) is 2.81. The van der Waals surface area contributed by atoms with Crippen LogP contribution in [0.15, 0.2) is 4.52 Å². The minimum Gasteiger partial charge on any atom is -0.339 e. The van der Waals surface area contributed by atoms with E-state index >= 15 is 0 Å². The standard InChI is InChI=1S/C13H21N3OS2/c1-8-11(19-7-6-18-8)12-15-13(17-16-12)9-2-4-10(14)5-3-9/h8-11H,2-7,14H2,1H3. The second kappa shape index (κ2) is 6.06. The van der Waals surface area contributed by atoms with Crippen LogP contribution in [0.2, 0.25) is 0 Å². The molecule has 2 unspecified atom stereocenters. The molecule has 0 amide bonds. The number of thioether (sulfide) groups is 2. The van der Waals surface area contributed by atoms with Crippen molar-refractivity contribution in [3.05, 3.63) is 11.7 Å². The predicted octanol–water partition coefficient (Wildman–Crippen LogP) is 2.96. The van der Waals surface area contributed by atoms with Gasteiger partial charge in [0.25, 0.3) is 0 Å². The SMILES string of the molecule is CC1SCCSC1c1noc(C2CCC(N)CC2)n1. The summed E-state index contributed by atoms with van der Waals surface area (Å²) in [6, 6.07) is 0.365. The van der Waals surface area contributed by atoms with Gasteiger partial charge in [-0.25, -0.2) is 0 Å². The number of nitrogens with two attached hydrogens (primary N) is 1. The fourth-order valence-corrected chi connectivity index (χ4v) is 5.49. The lowest BCUT2D eigenvalue weighted by Gasteiger charge is -2.25. The summed E-state index contributed by atoms with van der Waals surface area (Å²) in [7, 11) is 0. The third-order valence-corrected chi connectivity index (χ3v) is 7.11. The molecule has 2 fully saturated rings. The lowest BCUT2D eigenvalue weighted by atomic mass is 9.86. The van der Waals surface area contributed by atoms with Crippen molar-refractivity contribution in [2.24, 2.45) is 5.73 Å². The number of aromatic nitrogens is 2. The molecule has 19 heavy (non-hydrogen) atoms. The summed E-state index contributed by atoms with van der Waals surface area (Å²) in [6.07, 6.45) is 4.33. The smallest absolute Gasteiger partial charge is 0.229 e. The van der Waals surface area contributed by atoms with Gasteiger partial charge in [0.1, 0.15) is 0 Å². The average molecular weight is 299 g/mol. The molecular formula is C13H21N3OS2. The maximum absolute atomic E-state index is 5.94. The molecule has 0 bridgehead atoms. The molecule has 1 aliphatic heterocycles. The molecule has 2 atom stereocenters. The Balaban J connectivity index is 1.68. The molecular weight excluding hydrogens is 278 g/mol. The largest absolute Gasteiger partial charge is 0.339 e. The maximum atomic E-state index is 5.94. The first-order valence-electron chi connectivity index (χ1n) is 7.06. The van der Waals surface area contributed by atoms with E-state index in [4.69, 9.17) is 10.3 Å². The molecule has 2 aliphatic rings. The normalized spacial score (nSPS) is 36.3. The number of rotatable bonds is 2. The molecule has 1 saturated carbocycles. The zero-order valence-corrected chi connectivity index (χ0v) is 12.9. The Morgan fingerprint density at radius 2 is 1.89 bits per heavy atom. The third kappa shape index (κ3) is 3.11. The van der Waals surface area contributed by atoms with Gasteiger partial charge in [-0.05, 0) is 25.7 Å². The summed E-state index contributed by atoms with van der Waals surface area (Å²) in [5, 5.41) is 5.20. The third-order valence-electron chi connectivity index (χ3n) is 4.02. The van der Waals surface area contributed by atoms with E-state index in [9.17, 15) is 0 Å². The molecule has 1 saturated heterocycles. The Kier molecular flexibility index (Phi) is 4.39. The second-order valence-corrected chi connectivity index (χ2v) is 8.20. The molecule has 3 rings (SSSR count). The number of hydrogen-bond donors (Lipinski definition) is 1. The minimum absolute atomic E-state index is 0.365. The van der Waals surface area contributed by atoms with Crippen LogP contribution in [-0.4, -0.2) is 32.9 Å². The zero-order valence-electron chi connectivity index (χ0n) is 11.2. The van der Waals surface area contributed by atoms with E-state index in [2.05, 4.69) is 17.1 Å². The van der Waals surface area contributed by atoms with E-state index < -0.39 is 0 Å². The van der Waals surface area contributed by atoms with Crippen molar-refractivity contribution in [2.45, 2.75) is 55.1 Å². The van der Waals surface area contributed by atoms with E-state index in [0.717, 1.165) is 37.4 Å². The summed E-state index contributed by atoms with van der Waals surface area (Å²) in [4.78, 5) is 4.68. The number of hydrogen-bond acceptors (Lipinski definition) is 6. The lowest BCUT2D eigenvalue weighted by Crippen LogP contribution is -2.25. The first-order chi connectivity index (χ1) is 9.24. The van der Waals surface area contributed by atoms with E-state index in [1.165, 1.54) is 11.5 Å². The minimum atomic E-state index is 0.365. The van der Waals surface area contributed by atoms with Gasteiger partial charge >= 0.3 is 0 Å². The predicted molar refractivity (Wildman–Crippen MR) is 80.6 cm³/mol. The highest BCUT2D eigenvalue weighted by atomic mass is 32.2. The molecule has 0 aromatic carbocycles. The lowest BCUT2D eigenvalue weighted by molar-refractivity contribution is 0.299. The van der Waals surface area contributed by atoms with Gasteiger partial charge in [0.15, 0.2) is 5.82 Å². The molecule has 2 N–H and O–H groups in total. The van der Waals surface area contributed by atoms with Gasteiger partial charge in [0.2, 0.25) is 5.89 Å². The van der Waals surface area contributed by atoms with E-state index in [0.29, 0.717) is 22.5 Å². The van der Waals surface area contributed by atoms with Gasteiger partial charge in [-0.1, -0.05) is 12.1 Å². The Morgan fingerprint density at radius 1 is 1.16 bits per heavy atom. The Morgan fingerprint density at radius 3 is 2.63 bits per heavy atom. The molecule has 1 aromatic heterocycles. The van der Waals surface area contributed by atoms with Crippen molar-refractivity contribution >= 4 is 23.5 Å². The second-order valence-electron chi connectivity index (χ2n) is 5.47. The fraction of sp³-hybridized carbons (Fsp3) is 0.846. The van der Waals surface area contributed by atoms with Crippen LogP contribution in [0.1, 0.15) is 55.5 Å². The maximum Gasteiger partial charge on any atom is 0.229 e. The summed E-state index contributed by atoms with van der Waals surface area (Å²) >= 11 is 3.97. The molecule has 1 aromatic rings. The van der Waals surface area contributed by atoms with Gasteiger partial charge in [-0.15, -0.1) is 11.8 Å². The average Bonchev–Trinajstić information content (AvgIpc) is 2.89. The van der Waals surface area contributed by atoms with Crippen LogP contribution in [0.3, 0.4) is 0 Å². The Bertz CT molecular complexity index is 418. The monoisotopic (exact) mass is 299 g/mol. The number of nitrogens with zero attached hydrogens (tertiary/aromatic N) is 2. The van der Waals surface area contributed by atoms with Gasteiger partial charge in [-0.2, -0.15) is 16.7 Å². The van der Waals surface area contributed by atoms with E-state index in [-0.39, 0.29) is 0 Å². The molecule has 106 valence electrons. The van der Waals surface area contributed by atoms with Crippen LogP contribution in [0.25, 0.3) is 0 Å². The van der Waals surface area contributed by atoms with Crippen LogP contribution in [0.5, 0.6) is 0 Å². The quantitative estimate of drug-likeness (QED) is 0.905. The molecule has 4 nitrogen and oxygen atoms in total. The van der Waals surface area contributed by atoms with Crippen LogP contribution >= 0.6 is 23.5 Å². The molecule has 0 spiro atoms. The van der Waals surface area contributed by atoms with Crippen LogP contribution < -0.4 is 5.73 Å². The molecule has 2 heterocycles. The van der Waals surface area contributed by atoms with Crippen molar-refractivity contribution in [3.8, 4) is 0 Å². The first-order valence-corrected chi connectivity index (χ1v) is 9.16. The Hall–Kier alpha value is -0.200. The van der Waals surface area contributed by atoms with Gasteiger partial charge in [0.05, 0.1) is 5.25 Å². The van der Waals surface area contributed by atoms with Crippen molar-refractivity contribution < 1.29 is 4.52 Å². The highest BCUT2D eigenvalue weighted by Gasteiger charge is 2.30. The summed E-state index contributed by atoms with van der Waals surface area (Å²) in [6.45, 7) is 2.26. The van der Waals surface area contributed by atoms with Crippen molar-refractivity contribution in [1.82, 2.24) is 10.1 Å². The molecule has 1 aliphatic carbocycles. The Labute approximate surface area is 122 Å². The van der Waals surface area contributed by atoms with Crippen molar-refractivity contribution in [3.63, 3.8) is 0 Å². The molecule has 0 radical (unpaired) electrons. The van der Waals surface area contributed by atoms with E-state index in [1.54, 1.807) is 0 Å². The van der Waals surface area contributed by atoms with Crippen molar-refractivity contribution in [2.75, 3.05) is 11.5 Å². The van der Waals surface area contributed by atoms with E-state index in [1.807, 2.05) is 23.5 Å². The first kappa shape index (κ1) is 13.8. The van der Waals surface area contributed by atoms with Crippen LogP contribution in [-0.2, 0) is 0 Å². The van der Waals surface area contributed by atoms with Gasteiger partial charge in [-0.3, -0.25) is 0 Å². The van der Waals surface area contributed by atoms with Gasteiger partial charge < -0.3 is 10.3 Å². The topological polar surface area (TPSA) is 64.9 Å². The summed E-state index contributed by atoms with van der Waals surface area (Å²) in [5.41, 5.74) is 5.94. The van der Waals surface area contributed by atoms with Crippen LogP contribution in [0, 0.1) is 0 Å². The highest BCUT2D eigenvalue weighted by molar-refractivity contribution is 8.06. The zero-order chi connectivity index (χ0) is 13.2.